The highest BCUT2D eigenvalue weighted by molar-refractivity contribution is 6.35. The van der Waals surface area contributed by atoms with Crippen LogP contribution in [0.5, 0.6) is 0 Å². The minimum Gasteiger partial charge on any atom is -0.275 e. The molecule has 1 aliphatic heterocycles. The van der Waals surface area contributed by atoms with Crippen molar-refractivity contribution in [1.82, 2.24) is 10.3 Å². The first-order valence-corrected chi connectivity index (χ1v) is 8.16. The molecule has 3 aromatic rings. The maximum atomic E-state index is 6.11. The highest BCUT2D eigenvalue weighted by Crippen LogP contribution is 2.35. The third kappa shape index (κ3) is 2.92. The summed E-state index contributed by atoms with van der Waals surface area (Å²) in [4.78, 5) is 4.52. The fraction of sp³-hybridized carbons (Fsp3) is 0.105. The molecule has 0 saturated carbocycles. The Morgan fingerprint density at radius 1 is 0.870 bits per heavy atom. The van der Waals surface area contributed by atoms with Crippen molar-refractivity contribution >= 4 is 28.9 Å². The zero-order valence-electron chi connectivity index (χ0n) is 12.2. The number of benzene rings is 2. The van der Waals surface area contributed by atoms with Crippen molar-refractivity contribution in [3.05, 3.63) is 82.1 Å². The molecule has 2 heterocycles. The molecule has 1 unspecified atom stereocenters. The number of nitrogens with zero attached hydrogens (tertiary/aromatic N) is 2. The van der Waals surface area contributed by atoms with Crippen LogP contribution in [-0.2, 0) is 6.42 Å². The number of aromatic nitrogens is 1. The number of pyridine rings is 1. The fourth-order valence-electron chi connectivity index (χ4n) is 2.93. The van der Waals surface area contributed by atoms with Crippen molar-refractivity contribution in [3.8, 4) is 11.1 Å². The number of hydrogen-bond donors (Lipinski definition) is 0. The standard InChI is InChI=1S/C19H13Cl2N2/c20-15-7-14(8-16(21)11-15)12-5-6-22-18(9-12)19-10-13-3-1-2-4-17(13)23-19/h1-9,11,19H,10H2. The van der Waals surface area contributed by atoms with Crippen LogP contribution in [0.1, 0.15) is 17.3 Å². The first kappa shape index (κ1) is 14.6. The number of para-hydroxylation sites is 1. The van der Waals surface area contributed by atoms with Gasteiger partial charge in [0.15, 0.2) is 0 Å². The van der Waals surface area contributed by atoms with Crippen molar-refractivity contribution in [2.24, 2.45) is 0 Å². The average Bonchev–Trinajstić information content (AvgIpc) is 2.98. The summed E-state index contributed by atoms with van der Waals surface area (Å²) < 4.78 is 0. The summed E-state index contributed by atoms with van der Waals surface area (Å²) in [6.45, 7) is 0. The van der Waals surface area contributed by atoms with Gasteiger partial charge in [-0.3, -0.25) is 10.3 Å². The number of fused-ring (bicyclic) bond motifs is 1. The van der Waals surface area contributed by atoms with Gasteiger partial charge in [-0.2, -0.15) is 0 Å². The van der Waals surface area contributed by atoms with E-state index in [4.69, 9.17) is 28.5 Å². The molecule has 0 fully saturated rings. The molecule has 1 aromatic heterocycles. The van der Waals surface area contributed by atoms with E-state index in [0.717, 1.165) is 28.9 Å². The van der Waals surface area contributed by atoms with E-state index in [9.17, 15) is 0 Å². The van der Waals surface area contributed by atoms with Gasteiger partial charge in [0, 0.05) is 22.7 Å². The van der Waals surface area contributed by atoms with E-state index in [2.05, 4.69) is 29.2 Å². The Bertz CT molecular complexity index is 831. The molecule has 2 nitrogen and oxygen atoms in total. The average molecular weight is 340 g/mol. The van der Waals surface area contributed by atoms with Gasteiger partial charge in [0.1, 0.15) is 0 Å². The maximum absolute atomic E-state index is 6.11. The normalized spacial score (nSPS) is 16.0. The molecule has 1 radical (unpaired) electrons. The van der Waals surface area contributed by atoms with E-state index in [0.29, 0.717) is 10.0 Å². The molecule has 2 aromatic carbocycles. The maximum Gasteiger partial charge on any atom is 0.0967 e. The van der Waals surface area contributed by atoms with E-state index < -0.39 is 0 Å². The second-order valence-electron chi connectivity index (χ2n) is 5.61. The van der Waals surface area contributed by atoms with Crippen molar-refractivity contribution in [2.75, 3.05) is 0 Å². The third-order valence-electron chi connectivity index (χ3n) is 4.02. The summed E-state index contributed by atoms with van der Waals surface area (Å²) in [5, 5.41) is 6.03. The Morgan fingerprint density at radius 2 is 1.65 bits per heavy atom. The molecule has 0 spiro atoms. The molecule has 0 aliphatic carbocycles. The fourth-order valence-corrected chi connectivity index (χ4v) is 3.46. The zero-order chi connectivity index (χ0) is 15.8. The first-order valence-electron chi connectivity index (χ1n) is 7.40. The van der Waals surface area contributed by atoms with Crippen molar-refractivity contribution in [2.45, 2.75) is 12.5 Å². The first-order chi connectivity index (χ1) is 11.2. The lowest BCUT2D eigenvalue weighted by atomic mass is 10.0. The van der Waals surface area contributed by atoms with Crippen LogP contribution < -0.4 is 5.32 Å². The van der Waals surface area contributed by atoms with Gasteiger partial charge in [0.05, 0.1) is 17.4 Å². The van der Waals surface area contributed by atoms with Crippen LogP contribution in [0.4, 0.5) is 5.69 Å². The third-order valence-corrected chi connectivity index (χ3v) is 4.45. The van der Waals surface area contributed by atoms with Crippen molar-refractivity contribution in [3.63, 3.8) is 0 Å². The van der Waals surface area contributed by atoms with Crippen molar-refractivity contribution < 1.29 is 0 Å². The molecule has 4 rings (SSSR count). The molecule has 0 N–H and O–H groups in total. The van der Waals surface area contributed by atoms with E-state index in [1.54, 1.807) is 6.07 Å². The summed E-state index contributed by atoms with van der Waals surface area (Å²) in [6, 6.07) is 17.9. The monoisotopic (exact) mass is 339 g/mol. The number of rotatable bonds is 2. The Hall–Kier alpha value is -2.03. The van der Waals surface area contributed by atoms with Crippen LogP contribution in [0.25, 0.3) is 11.1 Å². The van der Waals surface area contributed by atoms with Gasteiger partial charge < -0.3 is 0 Å². The van der Waals surface area contributed by atoms with Gasteiger partial charge in [-0.25, -0.2) is 0 Å². The zero-order valence-corrected chi connectivity index (χ0v) is 13.7. The molecule has 0 bridgehead atoms. The highest BCUT2D eigenvalue weighted by atomic mass is 35.5. The minimum absolute atomic E-state index is 0.0713. The Balaban J connectivity index is 1.68. The van der Waals surface area contributed by atoms with Gasteiger partial charge in [-0.05, 0) is 53.1 Å². The lowest BCUT2D eigenvalue weighted by molar-refractivity contribution is 0.645. The Kier molecular flexibility index (Phi) is 3.72. The van der Waals surface area contributed by atoms with E-state index in [-0.39, 0.29) is 6.04 Å². The SMILES string of the molecule is Clc1cc(Cl)cc(-c2ccnc(C3Cc4ccccc4[N]3)c2)c1. The molecule has 23 heavy (non-hydrogen) atoms. The molecular formula is C19H13Cl2N2. The van der Waals surface area contributed by atoms with Gasteiger partial charge >= 0.3 is 0 Å². The van der Waals surface area contributed by atoms with E-state index >= 15 is 0 Å². The van der Waals surface area contributed by atoms with Gasteiger partial charge in [-0.1, -0.05) is 41.4 Å². The smallest absolute Gasteiger partial charge is 0.0967 e. The largest absolute Gasteiger partial charge is 0.275 e. The van der Waals surface area contributed by atoms with Crippen LogP contribution in [-0.4, -0.2) is 4.98 Å². The minimum atomic E-state index is 0.0713. The quantitative estimate of drug-likeness (QED) is 0.597. The molecule has 113 valence electrons. The van der Waals surface area contributed by atoms with E-state index in [1.165, 1.54) is 5.56 Å². The van der Waals surface area contributed by atoms with Gasteiger partial charge in [0.2, 0.25) is 0 Å². The second-order valence-corrected chi connectivity index (χ2v) is 6.48. The van der Waals surface area contributed by atoms with Crippen LogP contribution in [0.3, 0.4) is 0 Å². The molecule has 0 amide bonds. The van der Waals surface area contributed by atoms with Crippen LogP contribution in [0, 0.1) is 0 Å². The summed E-state index contributed by atoms with van der Waals surface area (Å²) >= 11 is 12.2. The van der Waals surface area contributed by atoms with Crippen molar-refractivity contribution in [1.29, 1.82) is 0 Å². The van der Waals surface area contributed by atoms with Crippen LogP contribution >= 0.6 is 23.2 Å². The van der Waals surface area contributed by atoms with E-state index in [1.807, 2.05) is 30.5 Å². The molecule has 1 atom stereocenters. The predicted molar refractivity (Wildman–Crippen MR) is 94.4 cm³/mol. The Labute approximate surface area is 145 Å². The summed E-state index contributed by atoms with van der Waals surface area (Å²) in [5.41, 5.74) is 5.34. The van der Waals surface area contributed by atoms with Crippen LogP contribution in [0.2, 0.25) is 10.0 Å². The molecular weight excluding hydrogens is 327 g/mol. The lowest BCUT2D eigenvalue weighted by Crippen LogP contribution is -2.07. The summed E-state index contributed by atoms with van der Waals surface area (Å²) in [6.07, 6.45) is 2.71. The molecule has 0 saturated heterocycles. The summed E-state index contributed by atoms with van der Waals surface area (Å²) in [7, 11) is 0. The highest BCUT2D eigenvalue weighted by Gasteiger charge is 2.24. The summed E-state index contributed by atoms with van der Waals surface area (Å²) in [5.74, 6) is 0. The topological polar surface area (TPSA) is 27.0 Å². The lowest BCUT2D eigenvalue weighted by Gasteiger charge is -2.10. The second kappa shape index (κ2) is 5.88. The van der Waals surface area contributed by atoms with Gasteiger partial charge in [-0.15, -0.1) is 0 Å². The van der Waals surface area contributed by atoms with Gasteiger partial charge in [0.25, 0.3) is 0 Å². The molecule has 4 heteroatoms. The predicted octanol–water partition coefficient (Wildman–Crippen LogP) is 5.59. The molecule has 1 aliphatic rings. The number of hydrogen-bond acceptors (Lipinski definition) is 1. The number of halogens is 2. The van der Waals surface area contributed by atoms with Crippen LogP contribution in [0.15, 0.2) is 60.8 Å². The Morgan fingerprint density at radius 3 is 2.43 bits per heavy atom.